The van der Waals surface area contributed by atoms with E-state index in [4.69, 9.17) is 15.2 Å². The fraction of sp³-hybridized carbons (Fsp3) is 0.333. The van der Waals surface area contributed by atoms with E-state index in [9.17, 15) is 4.79 Å². The minimum absolute atomic E-state index is 0. The van der Waals surface area contributed by atoms with Crippen LogP contribution in [0.4, 0.5) is 5.69 Å². The monoisotopic (exact) mass is 512 g/mol. The molecule has 0 saturated carbocycles. The molecule has 0 bridgehead atoms. The van der Waals surface area contributed by atoms with Gasteiger partial charge in [-0.05, 0) is 43.2 Å². The van der Waals surface area contributed by atoms with Crippen molar-refractivity contribution in [3.05, 3.63) is 53.6 Å². The van der Waals surface area contributed by atoms with Gasteiger partial charge in [-0.2, -0.15) is 0 Å². The van der Waals surface area contributed by atoms with Crippen LogP contribution in [0.25, 0.3) is 0 Å². The third-order valence-corrected chi connectivity index (χ3v) is 4.31. The molecule has 8 heteroatoms. The molecule has 1 unspecified atom stereocenters. The molecule has 2 aromatic carbocycles. The third-order valence-electron chi connectivity index (χ3n) is 4.31. The van der Waals surface area contributed by atoms with Gasteiger partial charge in [0, 0.05) is 17.7 Å². The largest absolute Gasteiger partial charge is 0.497 e. The van der Waals surface area contributed by atoms with Crippen molar-refractivity contribution in [1.29, 1.82) is 0 Å². The van der Waals surface area contributed by atoms with E-state index in [0.717, 1.165) is 12.0 Å². The van der Waals surface area contributed by atoms with Crippen molar-refractivity contribution < 1.29 is 14.3 Å². The lowest BCUT2D eigenvalue weighted by Gasteiger charge is -2.12. The standard InChI is InChI=1S/C21H28N4O3.HI/c1-5-14(2)24-20(26)16-8-6-15(7-9-16)13-23-21(22)25-18-12-17(27-3)10-11-19(18)28-4;/h6-12,14H,5,13H2,1-4H3,(H,24,26)(H3,22,23,25);1H. The van der Waals surface area contributed by atoms with Gasteiger partial charge in [-0.25, -0.2) is 4.99 Å². The summed E-state index contributed by atoms with van der Waals surface area (Å²) in [6, 6.07) is 12.8. The van der Waals surface area contributed by atoms with Crippen LogP contribution in [0.3, 0.4) is 0 Å². The highest BCUT2D eigenvalue weighted by Gasteiger charge is 2.09. The molecule has 1 amide bonds. The number of hydrogen-bond donors (Lipinski definition) is 3. The van der Waals surface area contributed by atoms with Crippen LogP contribution in [0.5, 0.6) is 11.5 Å². The molecule has 158 valence electrons. The molecule has 0 saturated heterocycles. The first kappa shape index (κ1) is 24.5. The molecule has 2 rings (SSSR count). The van der Waals surface area contributed by atoms with Crippen LogP contribution < -0.4 is 25.8 Å². The molecular weight excluding hydrogens is 483 g/mol. The molecule has 0 fully saturated rings. The first-order valence-corrected chi connectivity index (χ1v) is 9.15. The summed E-state index contributed by atoms with van der Waals surface area (Å²) in [6.45, 7) is 4.40. The second-order valence-corrected chi connectivity index (χ2v) is 6.37. The van der Waals surface area contributed by atoms with Gasteiger partial charge in [-0.15, -0.1) is 24.0 Å². The number of methoxy groups -OCH3 is 2. The predicted octanol–water partition coefficient (Wildman–Crippen LogP) is 3.78. The lowest BCUT2D eigenvalue weighted by Crippen LogP contribution is -2.31. The Labute approximate surface area is 189 Å². The maximum atomic E-state index is 12.1. The summed E-state index contributed by atoms with van der Waals surface area (Å²) >= 11 is 0. The van der Waals surface area contributed by atoms with E-state index in [-0.39, 0.29) is 41.9 Å². The van der Waals surface area contributed by atoms with Gasteiger partial charge in [0.25, 0.3) is 5.91 Å². The van der Waals surface area contributed by atoms with Gasteiger partial charge in [-0.1, -0.05) is 19.1 Å². The number of benzene rings is 2. The number of carbonyl (C=O) groups is 1. The molecule has 7 nitrogen and oxygen atoms in total. The normalized spacial score (nSPS) is 11.8. The van der Waals surface area contributed by atoms with Gasteiger partial charge >= 0.3 is 0 Å². The second-order valence-electron chi connectivity index (χ2n) is 6.37. The van der Waals surface area contributed by atoms with Crippen molar-refractivity contribution in [3.63, 3.8) is 0 Å². The second kappa shape index (κ2) is 12.2. The van der Waals surface area contributed by atoms with Gasteiger partial charge in [0.15, 0.2) is 5.96 Å². The Kier molecular flexibility index (Phi) is 10.3. The Morgan fingerprint density at radius 1 is 1.14 bits per heavy atom. The van der Waals surface area contributed by atoms with Gasteiger partial charge < -0.3 is 25.8 Å². The molecule has 0 spiro atoms. The fourth-order valence-electron chi connectivity index (χ4n) is 2.44. The van der Waals surface area contributed by atoms with Crippen LogP contribution in [-0.2, 0) is 6.54 Å². The molecular formula is C21H29IN4O3. The van der Waals surface area contributed by atoms with Gasteiger partial charge in [0.05, 0.1) is 26.5 Å². The number of halogens is 1. The summed E-state index contributed by atoms with van der Waals surface area (Å²) in [7, 11) is 3.18. The molecule has 29 heavy (non-hydrogen) atoms. The number of guanidine groups is 1. The molecule has 0 aliphatic rings. The van der Waals surface area contributed by atoms with E-state index < -0.39 is 0 Å². The minimum atomic E-state index is -0.0734. The van der Waals surface area contributed by atoms with E-state index in [2.05, 4.69) is 15.6 Å². The molecule has 0 aromatic heterocycles. The molecule has 0 aliphatic carbocycles. The molecule has 1 atom stereocenters. The maximum absolute atomic E-state index is 12.1. The van der Waals surface area contributed by atoms with Crippen molar-refractivity contribution in [2.45, 2.75) is 32.9 Å². The summed E-state index contributed by atoms with van der Waals surface area (Å²) in [6.07, 6.45) is 0.892. The van der Waals surface area contributed by atoms with Gasteiger partial charge in [0.2, 0.25) is 0 Å². The van der Waals surface area contributed by atoms with Crippen LogP contribution >= 0.6 is 24.0 Å². The lowest BCUT2D eigenvalue weighted by molar-refractivity contribution is 0.0939. The van der Waals surface area contributed by atoms with E-state index in [1.807, 2.05) is 26.0 Å². The number of rotatable bonds is 8. The Morgan fingerprint density at radius 2 is 1.83 bits per heavy atom. The Bertz CT molecular complexity index is 825. The number of anilines is 1. The first-order valence-electron chi connectivity index (χ1n) is 9.15. The van der Waals surface area contributed by atoms with Crippen LogP contribution in [0.15, 0.2) is 47.5 Å². The molecule has 4 N–H and O–H groups in total. The van der Waals surface area contributed by atoms with E-state index in [0.29, 0.717) is 29.3 Å². The molecule has 0 radical (unpaired) electrons. The number of nitrogens with zero attached hydrogens (tertiary/aromatic N) is 1. The zero-order valence-corrected chi connectivity index (χ0v) is 19.5. The van der Waals surface area contributed by atoms with E-state index >= 15 is 0 Å². The number of aliphatic imine (C=N–C) groups is 1. The predicted molar refractivity (Wildman–Crippen MR) is 128 cm³/mol. The number of ether oxygens (including phenoxy) is 2. The Hall–Kier alpha value is -2.49. The Morgan fingerprint density at radius 3 is 2.41 bits per heavy atom. The topological polar surface area (TPSA) is 98.0 Å². The van der Waals surface area contributed by atoms with Crippen molar-refractivity contribution in [2.24, 2.45) is 10.7 Å². The highest BCUT2D eigenvalue weighted by molar-refractivity contribution is 14.0. The van der Waals surface area contributed by atoms with Crippen LogP contribution in [-0.4, -0.2) is 32.1 Å². The molecule has 0 heterocycles. The number of amides is 1. The summed E-state index contributed by atoms with van der Waals surface area (Å²) < 4.78 is 10.5. The third kappa shape index (κ3) is 7.45. The first-order chi connectivity index (χ1) is 13.5. The van der Waals surface area contributed by atoms with Crippen LogP contribution in [0.1, 0.15) is 36.2 Å². The molecule has 2 aromatic rings. The van der Waals surface area contributed by atoms with Gasteiger partial charge in [-0.3, -0.25) is 4.79 Å². The van der Waals surface area contributed by atoms with Crippen LogP contribution in [0.2, 0.25) is 0 Å². The highest BCUT2D eigenvalue weighted by atomic mass is 127. The number of carbonyl (C=O) groups excluding carboxylic acids is 1. The quantitative estimate of drug-likeness (QED) is 0.284. The van der Waals surface area contributed by atoms with E-state index in [1.165, 1.54) is 0 Å². The highest BCUT2D eigenvalue weighted by Crippen LogP contribution is 2.28. The summed E-state index contributed by atoms with van der Waals surface area (Å²) in [5.41, 5.74) is 8.23. The van der Waals surface area contributed by atoms with Crippen molar-refractivity contribution in [1.82, 2.24) is 5.32 Å². The van der Waals surface area contributed by atoms with E-state index in [1.54, 1.807) is 44.6 Å². The van der Waals surface area contributed by atoms with Crippen LogP contribution in [0, 0.1) is 0 Å². The van der Waals surface area contributed by atoms with Crippen molar-refractivity contribution in [2.75, 3.05) is 19.5 Å². The zero-order chi connectivity index (χ0) is 20.5. The Balaban J connectivity index is 0.00000420. The SMILES string of the molecule is CCC(C)NC(=O)c1ccc(CN=C(N)Nc2cc(OC)ccc2OC)cc1.I. The fourth-order valence-corrected chi connectivity index (χ4v) is 2.44. The van der Waals surface area contributed by atoms with Crippen molar-refractivity contribution >= 4 is 41.5 Å². The summed E-state index contributed by atoms with van der Waals surface area (Å²) in [5.74, 6) is 1.50. The van der Waals surface area contributed by atoms with Crippen molar-refractivity contribution in [3.8, 4) is 11.5 Å². The average molecular weight is 512 g/mol. The summed E-state index contributed by atoms with van der Waals surface area (Å²) in [4.78, 5) is 16.5. The number of hydrogen-bond acceptors (Lipinski definition) is 4. The summed E-state index contributed by atoms with van der Waals surface area (Å²) in [5, 5.41) is 5.97. The average Bonchev–Trinajstić information content (AvgIpc) is 2.72. The zero-order valence-electron chi connectivity index (χ0n) is 17.2. The minimum Gasteiger partial charge on any atom is -0.497 e. The number of nitrogens with two attached hydrogens (primary N) is 1. The molecule has 0 aliphatic heterocycles. The smallest absolute Gasteiger partial charge is 0.251 e. The maximum Gasteiger partial charge on any atom is 0.251 e. The number of nitrogens with one attached hydrogen (secondary N) is 2. The lowest BCUT2D eigenvalue weighted by atomic mass is 10.1. The van der Waals surface area contributed by atoms with Gasteiger partial charge in [0.1, 0.15) is 11.5 Å².